The fourth-order valence-electron chi connectivity index (χ4n) is 5.37. The molecule has 2 amide bonds. The van der Waals surface area contributed by atoms with Gasteiger partial charge in [-0.1, -0.05) is 48.5 Å². The number of carboxylic acids is 1. The molecule has 184 valence electrons. The Hall–Kier alpha value is -3.39. The van der Waals surface area contributed by atoms with Gasteiger partial charge < -0.3 is 25.2 Å². The highest BCUT2D eigenvalue weighted by Gasteiger charge is 2.43. The van der Waals surface area contributed by atoms with Gasteiger partial charge in [-0.05, 0) is 53.9 Å². The number of likely N-dealkylation sites (tertiary alicyclic amines) is 1. The third-order valence-electron chi connectivity index (χ3n) is 7.45. The molecule has 2 aliphatic carbocycles. The van der Waals surface area contributed by atoms with Gasteiger partial charge in [-0.3, -0.25) is 4.79 Å². The number of piperidine rings is 1. The predicted octanol–water partition coefficient (Wildman–Crippen LogP) is 3.13. The Morgan fingerprint density at radius 3 is 2.29 bits per heavy atom. The lowest BCUT2D eigenvalue weighted by Crippen LogP contribution is -2.55. The number of carbonyl (C=O) groups is 3. The second kappa shape index (κ2) is 9.34. The topological polar surface area (TPSA) is 116 Å². The first-order chi connectivity index (χ1) is 16.9. The van der Waals surface area contributed by atoms with E-state index >= 15 is 0 Å². The van der Waals surface area contributed by atoms with E-state index in [0.717, 1.165) is 35.1 Å². The molecule has 2 atom stereocenters. The summed E-state index contributed by atoms with van der Waals surface area (Å²) < 4.78 is 5.65. The lowest BCUT2D eigenvalue weighted by atomic mass is 9.92. The molecule has 2 unspecified atom stereocenters. The highest BCUT2D eigenvalue weighted by atomic mass is 16.5. The Morgan fingerprint density at radius 2 is 1.69 bits per heavy atom. The van der Waals surface area contributed by atoms with Crippen molar-refractivity contribution in [1.82, 2.24) is 10.2 Å². The van der Waals surface area contributed by atoms with Crippen molar-refractivity contribution >= 4 is 18.0 Å². The quantitative estimate of drug-likeness (QED) is 0.563. The summed E-state index contributed by atoms with van der Waals surface area (Å²) in [6, 6.07) is 15.9. The highest BCUT2D eigenvalue weighted by Crippen LogP contribution is 2.44. The van der Waals surface area contributed by atoms with Crippen LogP contribution in [0.1, 0.15) is 49.1 Å². The van der Waals surface area contributed by atoms with Crippen LogP contribution in [0, 0.1) is 5.92 Å². The fourth-order valence-corrected chi connectivity index (χ4v) is 5.37. The van der Waals surface area contributed by atoms with E-state index in [-0.39, 0.29) is 49.8 Å². The van der Waals surface area contributed by atoms with Crippen LogP contribution in [0.4, 0.5) is 4.79 Å². The number of fused-ring (bicyclic) bond motifs is 3. The summed E-state index contributed by atoms with van der Waals surface area (Å²) in [6.45, 7) is 0.364. The zero-order chi connectivity index (χ0) is 24.6. The molecule has 0 aromatic heterocycles. The third kappa shape index (κ3) is 4.75. The number of hydrogen-bond acceptors (Lipinski definition) is 5. The largest absolute Gasteiger partial charge is 0.479 e. The van der Waals surface area contributed by atoms with Crippen molar-refractivity contribution in [2.45, 2.75) is 49.7 Å². The van der Waals surface area contributed by atoms with Gasteiger partial charge in [-0.2, -0.15) is 0 Å². The Labute approximate surface area is 203 Å². The number of hydrogen-bond donors (Lipinski definition) is 3. The van der Waals surface area contributed by atoms with Crippen LogP contribution in [-0.4, -0.2) is 64.4 Å². The van der Waals surface area contributed by atoms with E-state index < -0.39 is 17.7 Å². The highest BCUT2D eigenvalue weighted by molar-refractivity contribution is 5.82. The number of alkyl carbamates (subject to hydrolysis) is 1. The average Bonchev–Trinajstić information content (AvgIpc) is 3.65. The molecule has 2 fully saturated rings. The van der Waals surface area contributed by atoms with E-state index in [0.29, 0.717) is 13.0 Å². The second-order valence-electron chi connectivity index (χ2n) is 9.87. The van der Waals surface area contributed by atoms with Gasteiger partial charge in [0.2, 0.25) is 5.91 Å². The minimum absolute atomic E-state index is 0.0452. The molecule has 0 bridgehead atoms. The summed E-state index contributed by atoms with van der Waals surface area (Å²) in [7, 11) is 0. The molecule has 2 aromatic rings. The zero-order valence-electron chi connectivity index (χ0n) is 19.5. The van der Waals surface area contributed by atoms with E-state index in [1.165, 1.54) is 4.90 Å². The first-order valence-electron chi connectivity index (χ1n) is 12.2. The molecule has 2 aromatic carbocycles. The van der Waals surface area contributed by atoms with Crippen LogP contribution in [0.25, 0.3) is 11.1 Å². The van der Waals surface area contributed by atoms with Crippen molar-refractivity contribution in [3.05, 3.63) is 59.7 Å². The Kier molecular flexibility index (Phi) is 6.23. The van der Waals surface area contributed by atoms with Crippen LogP contribution in [0.5, 0.6) is 0 Å². The monoisotopic (exact) mass is 478 g/mol. The van der Waals surface area contributed by atoms with Gasteiger partial charge in [0.25, 0.3) is 0 Å². The lowest BCUT2D eigenvalue weighted by Gasteiger charge is -2.37. The van der Waals surface area contributed by atoms with Crippen molar-refractivity contribution < 1.29 is 29.3 Å². The second-order valence-corrected chi connectivity index (χ2v) is 9.87. The van der Waals surface area contributed by atoms with Crippen LogP contribution >= 0.6 is 0 Å². The van der Waals surface area contributed by atoms with Crippen LogP contribution in [0.2, 0.25) is 0 Å². The van der Waals surface area contributed by atoms with Crippen LogP contribution in [-0.2, 0) is 14.3 Å². The number of benzene rings is 2. The number of nitrogens with zero attached hydrogens (tertiary/aromatic N) is 1. The zero-order valence-corrected chi connectivity index (χ0v) is 19.5. The molecule has 0 spiro atoms. The summed E-state index contributed by atoms with van der Waals surface area (Å²) in [5.74, 6) is -1.43. The molecule has 3 N–H and O–H groups in total. The molecular formula is C27H30N2O6. The summed E-state index contributed by atoms with van der Waals surface area (Å²) in [6.07, 6.45) is 1.88. The standard InChI is InChI=1S/C27H30N2O6/c30-24(29-13-5-12-27(34,16-29)25(31)32)14-23(17-10-11-17)28-26(33)35-15-22-20-8-3-1-6-18(20)19-7-2-4-9-21(19)22/h1-4,6-9,17,22-23,34H,5,10-16H2,(H,28,33)(H,31,32). The molecule has 5 rings (SSSR count). The number of carbonyl (C=O) groups excluding carboxylic acids is 2. The van der Waals surface area contributed by atoms with Crippen LogP contribution in [0.15, 0.2) is 48.5 Å². The SMILES string of the molecule is O=C(NC(CC(=O)N1CCCC(O)(C(=O)O)C1)C1CC1)OCC1c2ccccc2-c2ccccc21. The van der Waals surface area contributed by atoms with E-state index in [1.54, 1.807) is 0 Å². The molecule has 3 aliphatic rings. The number of ether oxygens (including phenoxy) is 1. The number of aliphatic carboxylic acids is 1. The molecule has 8 heteroatoms. The Bertz CT molecular complexity index is 1100. The summed E-state index contributed by atoms with van der Waals surface area (Å²) >= 11 is 0. The third-order valence-corrected chi connectivity index (χ3v) is 7.45. The number of carboxylic acid groups (broad SMARTS) is 1. The maximum Gasteiger partial charge on any atom is 0.407 e. The van der Waals surface area contributed by atoms with Crippen molar-refractivity contribution in [3.63, 3.8) is 0 Å². The molecule has 1 aliphatic heterocycles. The fraction of sp³-hybridized carbons (Fsp3) is 0.444. The number of amides is 2. The summed E-state index contributed by atoms with van der Waals surface area (Å²) in [4.78, 5) is 38.4. The summed E-state index contributed by atoms with van der Waals surface area (Å²) in [5, 5.41) is 22.5. The molecule has 1 heterocycles. The van der Waals surface area contributed by atoms with Gasteiger partial charge in [0.15, 0.2) is 5.60 Å². The Balaban J connectivity index is 1.20. The van der Waals surface area contributed by atoms with Crippen LogP contribution < -0.4 is 5.32 Å². The van der Waals surface area contributed by atoms with Crippen molar-refractivity contribution in [2.24, 2.45) is 5.92 Å². The molecular weight excluding hydrogens is 448 g/mol. The molecule has 0 radical (unpaired) electrons. The van der Waals surface area contributed by atoms with Crippen molar-refractivity contribution in [3.8, 4) is 11.1 Å². The number of β-amino-alcohol motifs (C(OH)–C–C–N with tert-alkyl or cyclic N) is 1. The van der Waals surface area contributed by atoms with Crippen LogP contribution in [0.3, 0.4) is 0 Å². The predicted molar refractivity (Wildman–Crippen MR) is 128 cm³/mol. The minimum Gasteiger partial charge on any atom is -0.479 e. The maximum absolute atomic E-state index is 12.9. The first-order valence-corrected chi connectivity index (χ1v) is 12.2. The average molecular weight is 479 g/mol. The van der Waals surface area contributed by atoms with Gasteiger partial charge in [0.05, 0.1) is 6.54 Å². The maximum atomic E-state index is 12.9. The number of rotatable bonds is 7. The number of aliphatic hydroxyl groups is 1. The molecule has 35 heavy (non-hydrogen) atoms. The normalized spacial score (nSPS) is 22.1. The first kappa shape index (κ1) is 23.4. The van der Waals surface area contributed by atoms with Crippen molar-refractivity contribution in [1.29, 1.82) is 0 Å². The summed E-state index contributed by atoms with van der Waals surface area (Å²) in [5.41, 5.74) is 2.66. The minimum atomic E-state index is -1.91. The van der Waals surface area contributed by atoms with Crippen molar-refractivity contribution in [2.75, 3.05) is 19.7 Å². The molecule has 8 nitrogen and oxygen atoms in total. The Morgan fingerprint density at radius 1 is 1.06 bits per heavy atom. The van der Waals surface area contributed by atoms with Gasteiger partial charge in [0, 0.05) is 24.9 Å². The van der Waals surface area contributed by atoms with Gasteiger partial charge in [0.1, 0.15) is 6.61 Å². The smallest absolute Gasteiger partial charge is 0.407 e. The van der Waals surface area contributed by atoms with E-state index in [4.69, 9.17) is 4.74 Å². The molecule has 1 saturated heterocycles. The van der Waals surface area contributed by atoms with Gasteiger partial charge in [-0.25, -0.2) is 9.59 Å². The number of nitrogens with one attached hydrogen (secondary N) is 1. The molecule has 1 saturated carbocycles. The lowest BCUT2D eigenvalue weighted by molar-refractivity contribution is -0.166. The van der Waals surface area contributed by atoms with E-state index in [1.807, 2.05) is 24.3 Å². The van der Waals surface area contributed by atoms with E-state index in [2.05, 4.69) is 29.6 Å². The van der Waals surface area contributed by atoms with E-state index in [9.17, 15) is 24.6 Å². The van der Waals surface area contributed by atoms with Gasteiger partial charge >= 0.3 is 12.1 Å². The van der Waals surface area contributed by atoms with Gasteiger partial charge in [-0.15, -0.1) is 0 Å².